The van der Waals surface area contributed by atoms with Crippen molar-refractivity contribution in [3.63, 3.8) is 0 Å². The normalized spacial score (nSPS) is 13.1. The van der Waals surface area contributed by atoms with E-state index in [1.807, 2.05) is 11.7 Å². The fourth-order valence-electron chi connectivity index (χ4n) is 2.44. The average Bonchev–Trinajstić information content (AvgIpc) is 2.73. The number of nitrogens with zero attached hydrogens (tertiary/aromatic N) is 2. The first-order valence-electron chi connectivity index (χ1n) is 6.93. The van der Waals surface area contributed by atoms with Crippen molar-refractivity contribution < 1.29 is 0 Å². The Morgan fingerprint density at radius 3 is 2.72 bits per heavy atom. The number of nitrogens with one attached hydrogen (secondary N) is 1. The molecule has 3 nitrogen and oxygen atoms in total. The van der Waals surface area contributed by atoms with Gasteiger partial charge in [0.05, 0.1) is 17.3 Å². The minimum atomic E-state index is 0.376. The molecular formula is C15H23N3. The lowest BCUT2D eigenvalue weighted by Gasteiger charge is -2.15. The molecule has 98 valence electrons. The first-order valence-corrected chi connectivity index (χ1v) is 6.93. The molecule has 0 radical (unpaired) electrons. The summed E-state index contributed by atoms with van der Waals surface area (Å²) in [7, 11) is 2.02. The maximum Gasteiger partial charge on any atom is 0.0872 e. The highest BCUT2D eigenvalue weighted by Gasteiger charge is 2.17. The van der Waals surface area contributed by atoms with Crippen LogP contribution in [0.25, 0.3) is 10.9 Å². The van der Waals surface area contributed by atoms with Gasteiger partial charge in [0.15, 0.2) is 0 Å². The van der Waals surface area contributed by atoms with E-state index in [4.69, 9.17) is 5.10 Å². The first-order chi connectivity index (χ1) is 8.77. The molecule has 0 fully saturated rings. The number of hydrogen-bond acceptors (Lipinski definition) is 2. The molecule has 1 atom stereocenters. The Hall–Kier alpha value is -1.35. The molecule has 0 aliphatic rings. The van der Waals surface area contributed by atoms with Crippen molar-refractivity contribution >= 4 is 10.9 Å². The van der Waals surface area contributed by atoms with Gasteiger partial charge in [-0.15, -0.1) is 0 Å². The summed E-state index contributed by atoms with van der Waals surface area (Å²) in [4.78, 5) is 0. The van der Waals surface area contributed by atoms with Crippen LogP contribution in [0.3, 0.4) is 0 Å². The predicted molar refractivity (Wildman–Crippen MR) is 76.7 cm³/mol. The van der Waals surface area contributed by atoms with Crippen molar-refractivity contribution in [1.29, 1.82) is 0 Å². The molecule has 0 aliphatic heterocycles. The molecule has 1 heterocycles. The summed E-state index contributed by atoms with van der Waals surface area (Å²) in [5.74, 6) is 0. The van der Waals surface area contributed by atoms with E-state index in [1.54, 1.807) is 0 Å². The van der Waals surface area contributed by atoms with Crippen molar-refractivity contribution in [1.82, 2.24) is 15.1 Å². The highest BCUT2D eigenvalue weighted by atomic mass is 15.3. The van der Waals surface area contributed by atoms with Crippen LogP contribution in [0.15, 0.2) is 24.3 Å². The molecule has 1 aromatic carbocycles. The second-order valence-electron chi connectivity index (χ2n) is 4.82. The summed E-state index contributed by atoms with van der Waals surface area (Å²) in [6.45, 7) is 5.48. The molecule has 0 aliphatic carbocycles. The minimum absolute atomic E-state index is 0.376. The van der Waals surface area contributed by atoms with Crippen LogP contribution >= 0.6 is 0 Å². The Labute approximate surface area is 109 Å². The number of para-hydroxylation sites is 1. The van der Waals surface area contributed by atoms with Crippen LogP contribution in [0, 0.1) is 0 Å². The lowest BCUT2D eigenvalue weighted by Crippen LogP contribution is -2.22. The van der Waals surface area contributed by atoms with E-state index in [2.05, 4.69) is 43.4 Å². The summed E-state index contributed by atoms with van der Waals surface area (Å²) in [6.07, 6.45) is 3.47. The van der Waals surface area contributed by atoms with Crippen LogP contribution < -0.4 is 5.32 Å². The van der Waals surface area contributed by atoms with Gasteiger partial charge >= 0.3 is 0 Å². The largest absolute Gasteiger partial charge is 0.309 e. The van der Waals surface area contributed by atoms with Crippen LogP contribution in [-0.4, -0.2) is 16.3 Å². The van der Waals surface area contributed by atoms with Crippen molar-refractivity contribution in [2.45, 2.75) is 39.2 Å². The lowest BCUT2D eigenvalue weighted by molar-refractivity contribution is 0.481. The zero-order chi connectivity index (χ0) is 13.0. The average molecular weight is 245 g/mol. The Bertz CT molecular complexity index is 501. The van der Waals surface area contributed by atoms with Gasteiger partial charge in [0.1, 0.15) is 0 Å². The molecular weight excluding hydrogens is 222 g/mol. The summed E-state index contributed by atoms with van der Waals surface area (Å²) in [5, 5.41) is 9.61. The van der Waals surface area contributed by atoms with E-state index in [-0.39, 0.29) is 0 Å². The van der Waals surface area contributed by atoms with E-state index in [0.29, 0.717) is 6.04 Å². The minimum Gasteiger partial charge on any atom is -0.309 e. The first kappa shape index (κ1) is 13.1. The molecule has 0 spiro atoms. The molecule has 0 amide bonds. The number of fused-ring (bicyclic) bond motifs is 1. The molecule has 18 heavy (non-hydrogen) atoms. The van der Waals surface area contributed by atoms with Crippen molar-refractivity contribution in [3.05, 3.63) is 30.0 Å². The van der Waals surface area contributed by atoms with Crippen molar-refractivity contribution in [2.75, 3.05) is 6.54 Å². The predicted octanol–water partition coefficient (Wildman–Crippen LogP) is 3.41. The number of rotatable bonds is 6. The zero-order valence-corrected chi connectivity index (χ0v) is 11.6. The molecule has 2 rings (SSSR count). The third-order valence-electron chi connectivity index (χ3n) is 3.33. The maximum atomic E-state index is 4.72. The number of aryl methyl sites for hydroxylation is 1. The monoisotopic (exact) mass is 245 g/mol. The number of hydrogen-bond donors (Lipinski definition) is 1. The molecule has 3 heteroatoms. The Balaban J connectivity index is 2.37. The SMILES string of the molecule is CCCNC(CCC)c1nn(C)c2ccccc12. The topological polar surface area (TPSA) is 29.9 Å². The third kappa shape index (κ3) is 2.56. The fourth-order valence-corrected chi connectivity index (χ4v) is 2.44. The Kier molecular flexibility index (Phi) is 4.37. The van der Waals surface area contributed by atoms with Crippen LogP contribution in [0.1, 0.15) is 44.8 Å². The lowest BCUT2D eigenvalue weighted by atomic mass is 10.0. The van der Waals surface area contributed by atoms with Crippen LogP contribution in [-0.2, 0) is 7.05 Å². The van der Waals surface area contributed by atoms with Gasteiger partial charge in [-0.05, 0) is 25.5 Å². The second kappa shape index (κ2) is 6.01. The quantitative estimate of drug-likeness (QED) is 0.845. The second-order valence-corrected chi connectivity index (χ2v) is 4.82. The smallest absolute Gasteiger partial charge is 0.0872 e. The standard InChI is InChI=1S/C15H23N3/c1-4-8-13(16-11-5-2)15-12-9-6-7-10-14(12)18(3)17-15/h6-7,9-10,13,16H,4-5,8,11H2,1-3H3. The highest BCUT2D eigenvalue weighted by molar-refractivity contribution is 5.82. The van der Waals surface area contributed by atoms with E-state index in [1.165, 1.54) is 23.0 Å². The van der Waals surface area contributed by atoms with Gasteiger partial charge in [-0.2, -0.15) is 5.10 Å². The molecule has 1 unspecified atom stereocenters. The van der Waals surface area contributed by atoms with Gasteiger partial charge in [0.25, 0.3) is 0 Å². The van der Waals surface area contributed by atoms with Crippen LogP contribution in [0.4, 0.5) is 0 Å². The Morgan fingerprint density at radius 2 is 2.00 bits per heavy atom. The van der Waals surface area contributed by atoms with E-state index >= 15 is 0 Å². The van der Waals surface area contributed by atoms with Gasteiger partial charge in [-0.25, -0.2) is 0 Å². The fraction of sp³-hybridized carbons (Fsp3) is 0.533. The van der Waals surface area contributed by atoms with Crippen LogP contribution in [0.5, 0.6) is 0 Å². The summed E-state index contributed by atoms with van der Waals surface area (Å²) in [6, 6.07) is 8.85. The summed E-state index contributed by atoms with van der Waals surface area (Å²) < 4.78 is 1.99. The van der Waals surface area contributed by atoms with Gasteiger partial charge < -0.3 is 5.32 Å². The Morgan fingerprint density at radius 1 is 1.22 bits per heavy atom. The number of benzene rings is 1. The molecule has 1 N–H and O–H groups in total. The number of aromatic nitrogens is 2. The third-order valence-corrected chi connectivity index (χ3v) is 3.33. The van der Waals surface area contributed by atoms with Gasteiger partial charge in [-0.1, -0.05) is 38.5 Å². The van der Waals surface area contributed by atoms with Gasteiger partial charge in [0, 0.05) is 12.4 Å². The molecule has 0 bridgehead atoms. The highest BCUT2D eigenvalue weighted by Crippen LogP contribution is 2.25. The zero-order valence-electron chi connectivity index (χ0n) is 11.6. The van der Waals surface area contributed by atoms with E-state index in [0.717, 1.165) is 19.4 Å². The van der Waals surface area contributed by atoms with E-state index < -0.39 is 0 Å². The van der Waals surface area contributed by atoms with Crippen molar-refractivity contribution in [3.8, 4) is 0 Å². The van der Waals surface area contributed by atoms with Gasteiger partial charge in [-0.3, -0.25) is 4.68 Å². The van der Waals surface area contributed by atoms with Gasteiger partial charge in [0.2, 0.25) is 0 Å². The molecule has 0 saturated heterocycles. The van der Waals surface area contributed by atoms with Crippen molar-refractivity contribution in [2.24, 2.45) is 7.05 Å². The molecule has 2 aromatic rings. The summed E-state index contributed by atoms with van der Waals surface area (Å²) >= 11 is 0. The summed E-state index contributed by atoms with van der Waals surface area (Å²) in [5.41, 5.74) is 2.41. The molecule has 0 saturated carbocycles. The maximum absolute atomic E-state index is 4.72. The van der Waals surface area contributed by atoms with E-state index in [9.17, 15) is 0 Å². The molecule has 1 aromatic heterocycles. The van der Waals surface area contributed by atoms with Crippen LogP contribution in [0.2, 0.25) is 0 Å².